The van der Waals surface area contributed by atoms with E-state index in [-0.39, 0.29) is 0 Å². The van der Waals surface area contributed by atoms with Gasteiger partial charge in [0.05, 0.1) is 6.61 Å². The van der Waals surface area contributed by atoms with Crippen LogP contribution in [0.1, 0.15) is 38.8 Å². The number of ether oxygens (including phenoxy) is 1. The highest BCUT2D eigenvalue weighted by Gasteiger charge is 2.19. The molecule has 0 aliphatic rings. The molecule has 0 aliphatic heterocycles. The minimum Gasteiger partial charge on any atom is -0.494 e. The third kappa shape index (κ3) is 5.30. The summed E-state index contributed by atoms with van der Waals surface area (Å²) >= 11 is 0. The Morgan fingerprint density at radius 1 is 1.32 bits per heavy atom. The molecule has 0 radical (unpaired) electrons. The predicted octanol–water partition coefficient (Wildman–Crippen LogP) is 2.85. The first kappa shape index (κ1) is 15.5. The number of aliphatic carboxylic acids is 1. The summed E-state index contributed by atoms with van der Waals surface area (Å²) in [4.78, 5) is 11.3. The van der Waals surface area contributed by atoms with Crippen LogP contribution in [0.2, 0.25) is 0 Å². The van der Waals surface area contributed by atoms with Gasteiger partial charge in [-0.1, -0.05) is 32.9 Å². The monoisotopic (exact) mass is 265 g/mol. The molecule has 4 nitrogen and oxygen atoms in total. The first-order valence-corrected chi connectivity index (χ1v) is 6.73. The Bertz CT molecular complexity index is 387. The van der Waals surface area contributed by atoms with Crippen molar-refractivity contribution in [3.8, 4) is 5.75 Å². The molecule has 1 aromatic rings. The number of carboxylic acids is 1. The molecule has 1 aromatic carbocycles. The van der Waals surface area contributed by atoms with Gasteiger partial charge in [-0.15, -0.1) is 0 Å². The number of rotatable bonds is 8. The minimum atomic E-state index is -0.858. The minimum absolute atomic E-state index is 0.411. The second kappa shape index (κ2) is 7.79. The smallest absolute Gasteiger partial charge is 0.325 e. The van der Waals surface area contributed by atoms with Crippen LogP contribution in [-0.4, -0.2) is 24.2 Å². The van der Waals surface area contributed by atoms with E-state index in [2.05, 4.69) is 5.32 Å². The molecule has 1 rings (SSSR count). The highest BCUT2D eigenvalue weighted by atomic mass is 16.5. The Balaban J connectivity index is 2.71. The number of nitrogens with one attached hydrogen (secondary N) is 1. The van der Waals surface area contributed by atoms with Crippen molar-refractivity contribution < 1.29 is 14.6 Å². The molecule has 0 saturated heterocycles. The molecule has 0 fully saturated rings. The topological polar surface area (TPSA) is 58.6 Å². The van der Waals surface area contributed by atoms with Crippen LogP contribution in [0.25, 0.3) is 0 Å². The Labute approximate surface area is 114 Å². The molecule has 2 N–H and O–H groups in total. The standard InChI is InChI=1S/C15H23NO3/c1-4-9-19-13-7-5-12(6-8-13)14(15(17)18)16-10-11(2)3/h5-8,11,14,16H,4,9-10H2,1-3H3,(H,17,18). The first-order valence-electron chi connectivity index (χ1n) is 6.73. The van der Waals surface area contributed by atoms with E-state index in [1.54, 1.807) is 12.1 Å². The number of hydrogen-bond donors (Lipinski definition) is 2. The molecule has 19 heavy (non-hydrogen) atoms. The molecule has 0 aromatic heterocycles. The van der Waals surface area contributed by atoms with Crippen molar-refractivity contribution in [1.82, 2.24) is 5.32 Å². The normalized spacial score (nSPS) is 12.4. The molecule has 0 heterocycles. The van der Waals surface area contributed by atoms with Gasteiger partial charge in [0.15, 0.2) is 0 Å². The van der Waals surface area contributed by atoms with Crippen LogP contribution in [0.5, 0.6) is 5.75 Å². The van der Waals surface area contributed by atoms with Crippen LogP contribution in [0.4, 0.5) is 0 Å². The van der Waals surface area contributed by atoms with E-state index in [9.17, 15) is 9.90 Å². The SMILES string of the molecule is CCCOc1ccc(C(NCC(C)C)C(=O)O)cc1. The fourth-order valence-corrected chi connectivity index (χ4v) is 1.68. The van der Waals surface area contributed by atoms with E-state index in [4.69, 9.17) is 4.74 Å². The van der Waals surface area contributed by atoms with E-state index in [1.165, 1.54) is 0 Å². The fourth-order valence-electron chi connectivity index (χ4n) is 1.68. The molecule has 0 amide bonds. The van der Waals surface area contributed by atoms with Gasteiger partial charge in [-0.05, 0) is 36.6 Å². The first-order chi connectivity index (χ1) is 9.04. The molecule has 106 valence electrons. The lowest BCUT2D eigenvalue weighted by atomic mass is 10.1. The number of benzene rings is 1. The van der Waals surface area contributed by atoms with Gasteiger partial charge >= 0.3 is 5.97 Å². The van der Waals surface area contributed by atoms with Crippen molar-refractivity contribution in [1.29, 1.82) is 0 Å². The summed E-state index contributed by atoms with van der Waals surface area (Å²) in [5.41, 5.74) is 0.747. The molecule has 0 aliphatic carbocycles. The second-order valence-corrected chi connectivity index (χ2v) is 4.99. The zero-order valence-corrected chi connectivity index (χ0v) is 11.8. The van der Waals surface area contributed by atoms with Gasteiger partial charge in [-0.25, -0.2) is 0 Å². The molecule has 1 unspecified atom stereocenters. The molecule has 1 atom stereocenters. The van der Waals surface area contributed by atoms with Crippen LogP contribution in [0.15, 0.2) is 24.3 Å². The van der Waals surface area contributed by atoms with Gasteiger partial charge in [0.1, 0.15) is 11.8 Å². The highest BCUT2D eigenvalue weighted by molar-refractivity contribution is 5.75. The molecule has 0 saturated carbocycles. The van der Waals surface area contributed by atoms with E-state index in [0.717, 1.165) is 17.7 Å². The highest BCUT2D eigenvalue weighted by Crippen LogP contribution is 2.18. The number of carbonyl (C=O) groups is 1. The van der Waals surface area contributed by atoms with Crippen molar-refractivity contribution >= 4 is 5.97 Å². The lowest BCUT2D eigenvalue weighted by Crippen LogP contribution is -2.31. The van der Waals surface area contributed by atoms with Crippen LogP contribution >= 0.6 is 0 Å². The summed E-state index contributed by atoms with van der Waals surface area (Å²) in [6.45, 7) is 7.49. The van der Waals surface area contributed by atoms with Crippen molar-refractivity contribution in [3.63, 3.8) is 0 Å². The lowest BCUT2D eigenvalue weighted by molar-refractivity contribution is -0.139. The Morgan fingerprint density at radius 3 is 2.42 bits per heavy atom. The second-order valence-electron chi connectivity index (χ2n) is 4.99. The molecular formula is C15H23NO3. The molecule has 0 spiro atoms. The predicted molar refractivity (Wildman–Crippen MR) is 75.4 cm³/mol. The average molecular weight is 265 g/mol. The third-order valence-corrected chi connectivity index (χ3v) is 2.66. The van der Waals surface area contributed by atoms with Crippen molar-refractivity contribution in [2.45, 2.75) is 33.2 Å². The van der Waals surface area contributed by atoms with Gasteiger partial charge in [0.2, 0.25) is 0 Å². The molecular weight excluding hydrogens is 242 g/mol. The summed E-state index contributed by atoms with van der Waals surface area (Å²) in [6.07, 6.45) is 0.954. The third-order valence-electron chi connectivity index (χ3n) is 2.66. The van der Waals surface area contributed by atoms with Crippen LogP contribution in [0.3, 0.4) is 0 Å². The van der Waals surface area contributed by atoms with Crippen molar-refractivity contribution in [3.05, 3.63) is 29.8 Å². The maximum Gasteiger partial charge on any atom is 0.325 e. The summed E-state index contributed by atoms with van der Waals surface area (Å²) in [6, 6.07) is 6.58. The number of carboxylic acid groups (broad SMARTS) is 1. The zero-order chi connectivity index (χ0) is 14.3. The number of hydrogen-bond acceptors (Lipinski definition) is 3. The zero-order valence-electron chi connectivity index (χ0n) is 11.8. The molecule has 4 heteroatoms. The quantitative estimate of drug-likeness (QED) is 0.759. The van der Waals surface area contributed by atoms with E-state index >= 15 is 0 Å². The maximum atomic E-state index is 11.3. The summed E-state index contributed by atoms with van der Waals surface area (Å²) < 4.78 is 5.48. The van der Waals surface area contributed by atoms with Crippen molar-refractivity contribution in [2.24, 2.45) is 5.92 Å². The fraction of sp³-hybridized carbons (Fsp3) is 0.533. The van der Waals surface area contributed by atoms with Gasteiger partial charge in [0, 0.05) is 0 Å². The summed E-state index contributed by atoms with van der Waals surface area (Å²) in [7, 11) is 0. The Kier molecular flexibility index (Phi) is 6.36. The Hall–Kier alpha value is -1.55. The average Bonchev–Trinajstić information content (AvgIpc) is 2.37. The maximum absolute atomic E-state index is 11.3. The van der Waals surface area contributed by atoms with E-state index in [1.807, 2.05) is 32.9 Å². The summed E-state index contributed by atoms with van der Waals surface area (Å²) in [5.74, 6) is 0.329. The summed E-state index contributed by atoms with van der Waals surface area (Å²) in [5, 5.41) is 12.3. The van der Waals surface area contributed by atoms with Gasteiger partial charge in [0.25, 0.3) is 0 Å². The van der Waals surface area contributed by atoms with Gasteiger partial charge < -0.3 is 15.2 Å². The van der Waals surface area contributed by atoms with E-state index in [0.29, 0.717) is 19.1 Å². The van der Waals surface area contributed by atoms with Crippen LogP contribution < -0.4 is 10.1 Å². The van der Waals surface area contributed by atoms with Crippen LogP contribution in [0, 0.1) is 5.92 Å². The van der Waals surface area contributed by atoms with Crippen molar-refractivity contribution in [2.75, 3.05) is 13.2 Å². The Morgan fingerprint density at radius 2 is 1.95 bits per heavy atom. The molecule has 0 bridgehead atoms. The lowest BCUT2D eigenvalue weighted by Gasteiger charge is -2.16. The van der Waals surface area contributed by atoms with Gasteiger partial charge in [-0.3, -0.25) is 4.79 Å². The van der Waals surface area contributed by atoms with Gasteiger partial charge in [-0.2, -0.15) is 0 Å². The van der Waals surface area contributed by atoms with Crippen LogP contribution in [-0.2, 0) is 4.79 Å². The van der Waals surface area contributed by atoms with E-state index < -0.39 is 12.0 Å². The largest absolute Gasteiger partial charge is 0.494 e.